The van der Waals surface area contributed by atoms with Crippen molar-refractivity contribution in [3.8, 4) is 57.1 Å². The molecule has 0 spiro atoms. The largest absolute Gasteiger partial charge is 0.508 e. The van der Waals surface area contributed by atoms with Crippen LogP contribution in [0.3, 0.4) is 0 Å². The number of carbonyl (C=O) groups excluding carboxylic acids is 7. The molecule has 0 unspecified atom stereocenters. The van der Waals surface area contributed by atoms with Crippen molar-refractivity contribution in [1.29, 1.82) is 0 Å². The Hall–Kier alpha value is -8.88. The Bertz CT molecular complexity index is 3380. The van der Waals surface area contributed by atoms with Crippen molar-refractivity contribution in [1.82, 2.24) is 31.9 Å². The Morgan fingerprint density at radius 1 is 0.662 bits per heavy atom. The van der Waals surface area contributed by atoms with Crippen molar-refractivity contribution in [2.24, 2.45) is 11.7 Å². The van der Waals surface area contributed by atoms with Crippen LogP contribution in [0.5, 0.6) is 46.0 Å². The van der Waals surface area contributed by atoms with Crippen LogP contribution in [-0.4, -0.2) is 114 Å². The van der Waals surface area contributed by atoms with Crippen LogP contribution >= 0.6 is 23.2 Å². The number of aliphatic hydroxyl groups is 2. The fourth-order valence-corrected chi connectivity index (χ4v) is 9.88. The fraction of sp³-hybridized carbons (Fsp3) is 0.283. The van der Waals surface area contributed by atoms with E-state index in [4.69, 9.17) is 38.4 Å². The highest BCUT2D eigenvalue weighted by atomic mass is 35.5. The second-order valence-corrected chi connectivity index (χ2v) is 20.3. The molecule has 5 aromatic carbocycles. The molecule has 9 atom stereocenters. The number of carboxylic acid groups (broad SMARTS) is 1. The number of hydrogen-bond acceptors (Lipinski definition) is 16. The molecule has 0 saturated heterocycles. The van der Waals surface area contributed by atoms with Gasteiger partial charge in [-0.2, -0.15) is 0 Å². The average molecular weight is 1140 g/mol. The zero-order valence-electron chi connectivity index (χ0n) is 42.3. The highest BCUT2D eigenvalue weighted by Crippen LogP contribution is 2.47. The molecule has 0 aromatic heterocycles. The van der Waals surface area contributed by atoms with E-state index in [-0.39, 0.29) is 49.7 Å². The number of aromatic hydroxyl groups is 4. The van der Waals surface area contributed by atoms with Crippen molar-refractivity contribution in [2.45, 2.75) is 81.2 Å². The maximum Gasteiger partial charge on any atom is 0.330 e. The number of nitrogens with two attached hydrogens (primary N) is 2. The summed E-state index contributed by atoms with van der Waals surface area (Å²) in [5.74, 6) is -14.8. The summed E-state index contributed by atoms with van der Waals surface area (Å²) in [5, 5.41) is 94.9. The number of nitrogens with one attached hydrogen (secondary N) is 6. The fourth-order valence-electron chi connectivity index (χ4n) is 9.42. The molecule has 5 aromatic rings. The van der Waals surface area contributed by atoms with Crippen LogP contribution in [-0.2, 0) is 38.4 Å². The summed E-state index contributed by atoms with van der Waals surface area (Å²) in [7, 11) is 1.62. The Morgan fingerprint density at radius 3 is 1.81 bits per heavy atom. The van der Waals surface area contributed by atoms with E-state index in [1.54, 1.807) is 12.4 Å². The molecule has 17 N–H and O–H groups in total. The van der Waals surface area contributed by atoms with Crippen molar-refractivity contribution in [2.75, 3.05) is 7.05 Å². The quantitative estimate of drug-likeness (QED) is 0.104. The first-order chi connectivity index (χ1) is 37.8. The van der Waals surface area contributed by atoms with E-state index in [2.05, 4.69) is 31.9 Å². The molecule has 0 saturated carbocycles. The number of amides is 7. The first-order valence-electron chi connectivity index (χ1n) is 24.5. The summed E-state index contributed by atoms with van der Waals surface area (Å²) in [4.78, 5) is 114. The zero-order chi connectivity index (χ0) is 58.2. The van der Waals surface area contributed by atoms with Crippen LogP contribution in [0.2, 0.25) is 10.0 Å². The number of benzene rings is 5. The van der Waals surface area contributed by atoms with E-state index >= 15 is 4.79 Å². The number of halogens is 2. The van der Waals surface area contributed by atoms with Crippen LogP contribution in [0.1, 0.15) is 84.8 Å². The number of rotatable bonds is 8. The van der Waals surface area contributed by atoms with Crippen LogP contribution < -0.4 is 52.4 Å². The Morgan fingerprint density at radius 2 is 1.24 bits per heavy atom. The van der Waals surface area contributed by atoms with Gasteiger partial charge in [0.1, 0.15) is 71.2 Å². The predicted octanol–water partition coefficient (Wildman–Crippen LogP) is 1.37. The van der Waals surface area contributed by atoms with Gasteiger partial charge in [0.2, 0.25) is 41.2 Å². The second-order valence-electron chi connectivity index (χ2n) is 19.5. The number of ether oxygens (including phenoxy) is 2. The standard InChI is InChI=1S/C53H52Cl2N8O17/c1-19(2)10-29(57-3)47(71)62-42-44(68)21-5-8-33(27(54)12-21)79-35-14-23-15-36(46(35)70)80-34-9-6-22(13-28(34)55)45(69)43-52(76)61-41(53(77)78)26-16-24(64)17-32(66)38(26)25-11-20(4-7-31(25)65)39(49(73)63-43)60-50(74)40(23)59-48(72)30(18-37(56)67)58-51(42)75/h4-9,11-17,19,29-30,39-45,57,64-66,68-70H,10,18H2,1-3H3,(H2,56,67)(H,58,75)(H,59,72)(H,60,74)(H,61,76)(H,62,71)(H,63,73)(H,77,78)/p+1/t29-,30+,39-,40-,41+,42-,43+,44-,45-/m1/s1. The van der Waals surface area contributed by atoms with Crippen LogP contribution in [0, 0.1) is 5.92 Å². The maximum atomic E-state index is 15.4. The normalized spacial score (nSPS) is 22.4. The lowest BCUT2D eigenvalue weighted by molar-refractivity contribution is -0.651. The highest BCUT2D eigenvalue weighted by Gasteiger charge is 2.42. The summed E-state index contributed by atoms with van der Waals surface area (Å²) in [6, 6.07) is 0.780. The van der Waals surface area contributed by atoms with Crippen LogP contribution in [0.25, 0.3) is 11.1 Å². The van der Waals surface area contributed by atoms with Crippen LogP contribution in [0.4, 0.5) is 0 Å². The molecular formula is C53H53Cl2N8O17+. The molecule has 27 heteroatoms. The van der Waals surface area contributed by atoms with Gasteiger partial charge in [0.25, 0.3) is 5.91 Å². The molecule has 0 aliphatic carbocycles. The molecular weight excluding hydrogens is 1090 g/mol. The molecule has 420 valence electrons. The number of aliphatic carboxylic acids is 1. The number of carbonyl (C=O) groups is 8. The van der Waals surface area contributed by atoms with Gasteiger partial charge in [0, 0.05) is 29.2 Å². The number of fused-ring (bicyclic) bond motifs is 15. The van der Waals surface area contributed by atoms with E-state index in [1.807, 2.05) is 13.8 Å². The third kappa shape index (κ3) is 11.9. The topological polar surface area (TPSA) is 411 Å². The summed E-state index contributed by atoms with van der Waals surface area (Å²) < 4.78 is 12.2. The van der Waals surface area contributed by atoms with Gasteiger partial charge in [-0.3, -0.25) is 33.6 Å². The lowest BCUT2D eigenvalue weighted by atomic mass is 9.89. The number of hydrogen-bond donors (Lipinski definition) is 15. The van der Waals surface area contributed by atoms with Gasteiger partial charge in [-0.05, 0) is 82.8 Å². The number of carboxylic acids is 1. The van der Waals surface area contributed by atoms with Crippen molar-refractivity contribution >= 4 is 70.5 Å². The molecule has 0 radical (unpaired) electrons. The molecule has 11 bridgehead atoms. The molecule has 25 nitrogen and oxygen atoms in total. The third-order valence-electron chi connectivity index (χ3n) is 13.4. The monoisotopic (exact) mass is 1140 g/mol. The van der Waals surface area contributed by atoms with Crippen LogP contribution in [0.15, 0.2) is 78.9 Å². The van der Waals surface area contributed by atoms with E-state index < -0.39 is 159 Å². The van der Waals surface area contributed by atoms with Gasteiger partial charge >= 0.3 is 5.97 Å². The molecule has 0 fully saturated rings. The maximum absolute atomic E-state index is 15.4. The zero-order valence-corrected chi connectivity index (χ0v) is 43.8. The summed E-state index contributed by atoms with van der Waals surface area (Å²) in [6.07, 6.45) is -4.69. The second kappa shape index (κ2) is 23.2. The summed E-state index contributed by atoms with van der Waals surface area (Å²) in [5.41, 5.74) is 3.33. The van der Waals surface area contributed by atoms with E-state index in [9.17, 15) is 69.3 Å². The van der Waals surface area contributed by atoms with E-state index in [0.29, 0.717) is 6.42 Å². The van der Waals surface area contributed by atoms with Gasteiger partial charge in [-0.15, -0.1) is 0 Å². The van der Waals surface area contributed by atoms with Gasteiger partial charge in [0.05, 0.1) is 23.5 Å². The van der Waals surface area contributed by atoms with Gasteiger partial charge in [-0.25, -0.2) is 4.79 Å². The Kier molecular flexibility index (Phi) is 16.6. The predicted molar refractivity (Wildman–Crippen MR) is 279 cm³/mol. The molecule has 5 aliphatic heterocycles. The lowest BCUT2D eigenvalue weighted by Crippen LogP contribution is -2.89. The van der Waals surface area contributed by atoms with Crippen molar-refractivity contribution in [3.05, 3.63) is 117 Å². The number of quaternary nitrogens is 1. The summed E-state index contributed by atoms with van der Waals surface area (Å²) in [6.45, 7) is 3.72. The Labute approximate surface area is 463 Å². The first-order valence-corrected chi connectivity index (χ1v) is 25.3. The molecule has 7 amide bonds. The van der Waals surface area contributed by atoms with Gasteiger partial charge in [-0.1, -0.05) is 55.2 Å². The Balaban J connectivity index is 1.36. The first kappa shape index (κ1) is 57.3. The van der Waals surface area contributed by atoms with Gasteiger partial charge in [0.15, 0.2) is 23.6 Å². The minimum absolute atomic E-state index is 0.00376. The molecule has 10 rings (SSSR count). The smallest absolute Gasteiger partial charge is 0.330 e. The molecule has 80 heavy (non-hydrogen) atoms. The number of phenolic OH excluding ortho intramolecular Hbond substituents is 4. The molecule has 5 heterocycles. The minimum atomic E-state index is -2.18. The van der Waals surface area contributed by atoms with E-state index in [1.165, 1.54) is 30.3 Å². The van der Waals surface area contributed by atoms with Crippen molar-refractivity contribution in [3.63, 3.8) is 0 Å². The van der Waals surface area contributed by atoms with Gasteiger partial charge < -0.3 is 88.2 Å². The number of likely N-dealkylation sites (N-methyl/N-ethyl adjacent to an activating group) is 1. The highest BCUT2D eigenvalue weighted by molar-refractivity contribution is 6.32. The summed E-state index contributed by atoms with van der Waals surface area (Å²) >= 11 is 13.5. The lowest BCUT2D eigenvalue weighted by Gasteiger charge is -2.31. The number of primary amides is 1. The third-order valence-corrected chi connectivity index (χ3v) is 14.0. The van der Waals surface area contributed by atoms with E-state index in [0.717, 1.165) is 48.5 Å². The average Bonchev–Trinajstić information content (AvgIpc) is 3.39. The SMILES string of the molecule is C[NH2+][C@H](CC(C)C)C(=O)N[C@H]1C(=O)N[C@@H](CC(N)=O)C(=O)N[C@H]2C(=O)N[C@H]3C(=O)N[C@H](C(=O)N[C@H](C(=O)O)c4cc(O)cc(O)c4-c4cc3ccc4O)[C@H](O)c3ccc(c(Cl)c3)Oc3cc2cc(c3O)Oc2ccc(cc2Cl)[C@H]1O. The molecule has 5 aliphatic rings. The number of phenols is 4. The van der Waals surface area contributed by atoms with Crippen molar-refractivity contribution < 1.29 is 88.9 Å². The minimum Gasteiger partial charge on any atom is -0.508 e. The number of aliphatic hydroxyl groups excluding tert-OH is 2.